The molecule has 7 nitrogen and oxygen atoms in total. The summed E-state index contributed by atoms with van der Waals surface area (Å²) in [7, 11) is 0. The zero-order valence-corrected chi connectivity index (χ0v) is 21.5. The molecule has 0 aromatic carbocycles. The van der Waals surface area contributed by atoms with Crippen LogP contribution in [0.25, 0.3) is 0 Å². The molecule has 31 heavy (non-hydrogen) atoms. The van der Waals surface area contributed by atoms with Crippen molar-refractivity contribution in [2.45, 2.75) is 103 Å². The summed E-state index contributed by atoms with van der Waals surface area (Å²) in [5, 5.41) is 41.0. The number of carboxylic acid groups (broad SMARTS) is 1. The summed E-state index contributed by atoms with van der Waals surface area (Å²) in [6.07, 6.45) is 1.96. The molecule has 174 valence electrons. The van der Waals surface area contributed by atoms with Crippen molar-refractivity contribution in [2.24, 2.45) is 29.6 Å². The molecule has 2 rings (SSSR count). The van der Waals surface area contributed by atoms with Gasteiger partial charge in [-0.1, -0.05) is 27.2 Å². The predicted octanol–water partition coefficient (Wildman–Crippen LogP) is -1.59. The second-order valence-corrected chi connectivity index (χ2v) is 9.66. The van der Waals surface area contributed by atoms with Gasteiger partial charge in [0.2, 0.25) is 0 Å². The molecule has 0 aromatic rings. The summed E-state index contributed by atoms with van der Waals surface area (Å²) in [4.78, 5) is 23.1. The van der Waals surface area contributed by atoms with Crippen molar-refractivity contribution < 1.29 is 64.3 Å². The standard InChI is InChI=1S/C23H40O7.Na/c1-4-13(2)23(29)30-20-11-17(25)9-15-6-5-14(3)19(22(15)20)8-7-16(24)10-18(26)12-21(27)28;/h13-20,22,24-26H,4-12H2,1-3H3,(H,27,28);/q;+1/p-1/t13-,14-,15?,16+,17-,18+,19-,20-,22-;/m0./s1. The molecular weight excluding hydrogens is 411 g/mol. The Morgan fingerprint density at radius 2 is 1.84 bits per heavy atom. The van der Waals surface area contributed by atoms with E-state index < -0.39 is 30.7 Å². The van der Waals surface area contributed by atoms with E-state index in [1.807, 2.05) is 13.8 Å². The van der Waals surface area contributed by atoms with Gasteiger partial charge in [-0.15, -0.1) is 0 Å². The quantitative estimate of drug-likeness (QED) is 0.271. The molecular formula is C23H39NaO7. The maximum atomic E-state index is 12.5. The van der Waals surface area contributed by atoms with E-state index in [-0.39, 0.29) is 65.8 Å². The summed E-state index contributed by atoms with van der Waals surface area (Å²) in [5.41, 5.74) is 0. The van der Waals surface area contributed by atoms with Gasteiger partial charge in [-0.3, -0.25) is 4.79 Å². The third-order valence-electron chi connectivity index (χ3n) is 7.33. The summed E-state index contributed by atoms with van der Waals surface area (Å²) >= 11 is 0. The Morgan fingerprint density at radius 1 is 1.16 bits per heavy atom. The van der Waals surface area contributed by atoms with Crippen LogP contribution < -0.4 is 34.7 Å². The number of aliphatic hydroxyl groups is 3. The fraction of sp³-hybridized carbons (Fsp3) is 0.913. The Labute approximate surface area is 208 Å². The third kappa shape index (κ3) is 8.59. The fourth-order valence-electron chi connectivity index (χ4n) is 5.47. The van der Waals surface area contributed by atoms with Gasteiger partial charge in [0.15, 0.2) is 0 Å². The molecule has 2 saturated carbocycles. The van der Waals surface area contributed by atoms with Crippen LogP contribution in [0.4, 0.5) is 0 Å². The first-order valence-electron chi connectivity index (χ1n) is 11.6. The Balaban J connectivity index is 0.00000480. The molecule has 2 aliphatic rings. The molecule has 2 fully saturated rings. The van der Waals surface area contributed by atoms with Crippen LogP contribution in [0.2, 0.25) is 0 Å². The van der Waals surface area contributed by atoms with Crippen LogP contribution in [0.15, 0.2) is 0 Å². The van der Waals surface area contributed by atoms with Crippen molar-refractivity contribution >= 4 is 11.9 Å². The molecule has 9 atom stereocenters. The molecule has 0 heterocycles. The second kappa shape index (κ2) is 13.5. The first-order chi connectivity index (χ1) is 14.1. The number of rotatable bonds is 10. The smallest absolute Gasteiger partial charge is 0.550 e. The zero-order chi connectivity index (χ0) is 22.4. The molecule has 1 unspecified atom stereocenters. The molecule has 0 saturated heterocycles. The van der Waals surface area contributed by atoms with Crippen molar-refractivity contribution in [3.63, 3.8) is 0 Å². The van der Waals surface area contributed by atoms with Gasteiger partial charge in [-0.25, -0.2) is 0 Å². The fourth-order valence-corrected chi connectivity index (χ4v) is 5.47. The van der Waals surface area contributed by atoms with E-state index in [1.165, 1.54) is 0 Å². The zero-order valence-electron chi connectivity index (χ0n) is 19.5. The van der Waals surface area contributed by atoms with Gasteiger partial charge in [0.25, 0.3) is 0 Å². The summed E-state index contributed by atoms with van der Waals surface area (Å²) in [6, 6.07) is 0. The normalized spacial score (nSPS) is 33.4. The van der Waals surface area contributed by atoms with Crippen LogP contribution in [-0.2, 0) is 14.3 Å². The number of aliphatic carboxylic acids is 1. The van der Waals surface area contributed by atoms with Crippen LogP contribution in [-0.4, -0.2) is 51.7 Å². The summed E-state index contributed by atoms with van der Waals surface area (Å²) < 4.78 is 5.90. The van der Waals surface area contributed by atoms with E-state index in [4.69, 9.17) is 4.74 Å². The number of esters is 1. The Morgan fingerprint density at radius 3 is 2.45 bits per heavy atom. The molecule has 0 radical (unpaired) electrons. The number of ether oxygens (including phenoxy) is 1. The van der Waals surface area contributed by atoms with E-state index in [0.717, 1.165) is 25.7 Å². The minimum absolute atomic E-state index is 0. The Hall–Kier alpha value is -0.180. The maximum Gasteiger partial charge on any atom is 1.00 e. The first kappa shape index (κ1) is 28.9. The predicted molar refractivity (Wildman–Crippen MR) is 109 cm³/mol. The van der Waals surface area contributed by atoms with Crippen LogP contribution in [0.5, 0.6) is 0 Å². The number of carbonyl (C=O) groups is 2. The third-order valence-corrected chi connectivity index (χ3v) is 7.33. The molecule has 0 aromatic heterocycles. The first-order valence-corrected chi connectivity index (χ1v) is 11.6. The maximum absolute atomic E-state index is 12.5. The Kier molecular flexibility index (Phi) is 12.6. The average molecular weight is 451 g/mol. The SMILES string of the molecule is CC[C@H](C)C(=O)O[C@H]1C[C@@H](O)CC2CC[C@H](C)[C@H](CC[C@@H](O)C[C@@H](O)CC(=O)[O-])[C@H]21.[Na+]. The molecule has 0 bridgehead atoms. The molecule has 3 N–H and O–H groups in total. The van der Waals surface area contributed by atoms with E-state index in [0.29, 0.717) is 31.1 Å². The van der Waals surface area contributed by atoms with E-state index in [2.05, 4.69) is 6.92 Å². The largest absolute Gasteiger partial charge is 1.00 e. The minimum atomic E-state index is -1.33. The molecule has 0 aliphatic heterocycles. The summed E-state index contributed by atoms with van der Waals surface area (Å²) in [6.45, 7) is 6.00. The van der Waals surface area contributed by atoms with Crippen LogP contribution in [0.1, 0.15) is 78.6 Å². The van der Waals surface area contributed by atoms with Crippen molar-refractivity contribution in [3.8, 4) is 0 Å². The van der Waals surface area contributed by atoms with E-state index in [1.54, 1.807) is 0 Å². The van der Waals surface area contributed by atoms with Gasteiger partial charge in [-0.05, 0) is 56.3 Å². The van der Waals surface area contributed by atoms with Crippen molar-refractivity contribution in [2.75, 3.05) is 0 Å². The number of aliphatic hydroxyl groups excluding tert-OH is 3. The number of carboxylic acids is 1. The van der Waals surface area contributed by atoms with Crippen molar-refractivity contribution in [3.05, 3.63) is 0 Å². The van der Waals surface area contributed by atoms with Gasteiger partial charge in [0.05, 0.1) is 24.2 Å². The van der Waals surface area contributed by atoms with Gasteiger partial charge in [0.1, 0.15) is 6.10 Å². The molecule has 2 aliphatic carbocycles. The van der Waals surface area contributed by atoms with Crippen LogP contribution in [0, 0.1) is 29.6 Å². The monoisotopic (exact) mass is 450 g/mol. The van der Waals surface area contributed by atoms with Crippen LogP contribution >= 0.6 is 0 Å². The Bertz CT molecular complexity index is 572. The van der Waals surface area contributed by atoms with Gasteiger partial charge in [0, 0.05) is 24.7 Å². The molecule has 8 heteroatoms. The minimum Gasteiger partial charge on any atom is -0.550 e. The van der Waals surface area contributed by atoms with Gasteiger partial charge in [-0.2, -0.15) is 0 Å². The second-order valence-electron chi connectivity index (χ2n) is 9.66. The topological polar surface area (TPSA) is 127 Å². The number of hydrogen-bond acceptors (Lipinski definition) is 7. The van der Waals surface area contributed by atoms with Crippen molar-refractivity contribution in [1.82, 2.24) is 0 Å². The van der Waals surface area contributed by atoms with Gasteiger partial charge < -0.3 is 30.0 Å². The number of carbonyl (C=O) groups excluding carboxylic acids is 2. The summed E-state index contributed by atoms with van der Waals surface area (Å²) in [5.74, 6) is -0.599. The molecule has 0 spiro atoms. The van der Waals surface area contributed by atoms with Crippen LogP contribution in [0.3, 0.4) is 0 Å². The average Bonchev–Trinajstić information content (AvgIpc) is 2.65. The van der Waals surface area contributed by atoms with Crippen molar-refractivity contribution in [1.29, 1.82) is 0 Å². The van der Waals surface area contributed by atoms with E-state index in [9.17, 15) is 30.0 Å². The van der Waals surface area contributed by atoms with E-state index >= 15 is 0 Å². The number of hydrogen-bond donors (Lipinski definition) is 3. The molecule has 0 amide bonds. The van der Waals surface area contributed by atoms with Gasteiger partial charge >= 0.3 is 35.5 Å². The number of fused-ring (bicyclic) bond motifs is 1.